The molecule has 0 amide bonds. The summed E-state index contributed by atoms with van der Waals surface area (Å²) in [7, 11) is 1.95. The number of aryl methyl sites for hydroxylation is 1. The van der Waals surface area contributed by atoms with Gasteiger partial charge in [0.2, 0.25) is 0 Å². The van der Waals surface area contributed by atoms with E-state index in [0.29, 0.717) is 13.1 Å². The van der Waals surface area contributed by atoms with E-state index in [4.69, 9.17) is 11.6 Å². The molecular formula is C15H21ClN6. The van der Waals surface area contributed by atoms with Gasteiger partial charge in [0.15, 0.2) is 11.8 Å². The molecule has 0 bridgehead atoms. The minimum atomic E-state index is 0.573. The number of halogens is 1. The van der Waals surface area contributed by atoms with Gasteiger partial charge >= 0.3 is 0 Å². The molecule has 0 spiro atoms. The summed E-state index contributed by atoms with van der Waals surface area (Å²) in [6.45, 7) is 5.92. The molecule has 118 valence electrons. The van der Waals surface area contributed by atoms with Gasteiger partial charge in [-0.3, -0.25) is 0 Å². The van der Waals surface area contributed by atoms with E-state index in [1.807, 2.05) is 49.7 Å². The van der Waals surface area contributed by atoms with E-state index in [1.165, 1.54) is 0 Å². The summed E-state index contributed by atoms with van der Waals surface area (Å²) in [5.41, 5.74) is 1.11. The van der Waals surface area contributed by atoms with Crippen LogP contribution in [0.15, 0.2) is 29.3 Å². The summed E-state index contributed by atoms with van der Waals surface area (Å²) in [5.74, 6) is 2.51. The first-order valence-corrected chi connectivity index (χ1v) is 7.59. The zero-order chi connectivity index (χ0) is 15.9. The van der Waals surface area contributed by atoms with Crippen molar-refractivity contribution in [3.8, 4) is 0 Å². The van der Waals surface area contributed by atoms with E-state index in [2.05, 4.69) is 25.8 Å². The monoisotopic (exact) mass is 320 g/mol. The number of hydrogen-bond donors (Lipinski definition) is 2. The predicted molar refractivity (Wildman–Crippen MR) is 88.8 cm³/mol. The van der Waals surface area contributed by atoms with Gasteiger partial charge in [-0.05, 0) is 31.5 Å². The second kappa shape index (κ2) is 7.79. The van der Waals surface area contributed by atoms with Crippen LogP contribution in [0.2, 0.25) is 5.02 Å². The number of nitrogens with zero attached hydrogens (tertiary/aromatic N) is 4. The molecule has 0 aliphatic carbocycles. The third-order valence-electron chi connectivity index (χ3n) is 3.27. The number of rotatable bonds is 5. The Kier molecular flexibility index (Phi) is 5.77. The lowest BCUT2D eigenvalue weighted by atomic mass is 10.2. The number of aliphatic imine (C=N–C) groups is 1. The molecule has 2 rings (SSSR count). The Bertz CT molecular complexity index is 632. The van der Waals surface area contributed by atoms with Crippen LogP contribution in [-0.2, 0) is 20.1 Å². The lowest BCUT2D eigenvalue weighted by Crippen LogP contribution is -2.37. The molecule has 0 atom stereocenters. The Hall–Kier alpha value is -2.08. The Labute approximate surface area is 135 Å². The first-order valence-electron chi connectivity index (χ1n) is 7.21. The first kappa shape index (κ1) is 16.3. The molecule has 0 aliphatic heterocycles. The van der Waals surface area contributed by atoms with Gasteiger partial charge in [0.1, 0.15) is 5.82 Å². The molecule has 0 unspecified atom stereocenters. The smallest absolute Gasteiger partial charge is 0.191 e. The number of benzene rings is 1. The third-order valence-corrected chi connectivity index (χ3v) is 3.53. The van der Waals surface area contributed by atoms with Crippen molar-refractivity contribution in [2.45, 2.75) is 26.9 Å². The van der Waals surface area contributed by atoms with Crippen molar-refractivity contribution in [3.63, 3.8) is 0 Å². The van der Waals surface area contributed by atoms with Gasteiger partial charge in [-0.15, -0.1) is 10.2 Å². The maximum absolute atomic E-state index is 5.88. The van der Waals surface area contributed by atoms with Gasteiger partial charge in [-0.2, -0.15) is 0 Å². The Balaban J connectivity index is 1.98. The minimum Gasteiger partial charge on any atom is -0.357 e. The molecule has 2 N–H and O–H groups in total. The van der Waals surface area contributed by atoms with Crippen molar-refractivity contribution in [1.82, 2.24) is 25.4 Å². The van der Waals surface area contributed by atoms with Crippen LogP contribution < -0.4 is 10.6 Å². The summed E-state index contributed by atoms with van der Waals surface area (Å²) in [5, 5.41) is 15.4. The molecular weight excluding hydrogens is 300 g/mol. The molecule has 1 aromatic carbocycles. The van der Waals surface area contributed by atoms with Crippen LogP contribution in [0.5, 0.6) is 0 Å². The number of aromatic nitrogens is 3. The SMILES string of the molecule is CCNC(=NCc1ccc(Cl)cc1)NCc1nnc(C)n1C. The summed E-state index contributed by atoms with van der Waals surface area (Å²) >= 11 is 5.88. The van der Waals surface area contributed by atoms with Crippen molar-refractivity contribution in [2.75, 3.05) is 6.54 Å². The maximum Gasteiger partial charge on any atom is 0.191 e. The van der Waals surface area contributed by atoms with E-state index in [-0.39, 0.29) is 0 Å². The Morgan fingerprint density at radius 1 is 1.23 bits per heavy atom. The maximum atomic E-state index is 5.88. The van der Waals surface area contributed by atoms with E-state index >= 15 is 0 Å². The van der Waals surface area contributed by atoms with Gasteiger partial charge in [0.05, 0.1) is 13.1 Å². The van der Waals surface area contributed by atoms with Gasteiger partial charge in [0.25, 0.3) is 0 Å². The lowest BCUT2D eigenvalue weighted by molar-refractivity contribution is 0.718. The Morgan fingerprint density at radius 2 is 1.95 bits per heavy atom. The van der Waals surface area contributed by atoms with Gasteiger partial charge in [-0.1, -0.05) is 23.7 Å². The standard InChI is InChI=1S/C15H21ClN6/c1-4-17-15(18-9-12-5-7-13(16)8-6-12)19-10-14-21-20-11(2)22(14)3/h5-8H,4,9-10H2,1-3H3,(H2,17,18,19). The summed E-state index contributed by atoms with van der Waals surface area (Å²) in [6, 6.07) is 7.69. The zero-order valence-corrected chi connectivity index (χ0v) is 13.9. The van der Waals surface area contributed by atoms with Crippen molar-refractivity contribution in [2.24, 2.45) is 12.0 Å². The molecule has 2 aromatic rings. The summed E-state index contributed by atoms with van der Waals surface area (Å²) in [4.78, 5) is 4.56. The Morgan fingerprint density at radius 3 is 2.55 bits per heavy atom. The molecule has 0 aliphatic rings. The fourth-order valence-corrected chi connectivity index (χ4v) is 2.00. The third kappa shape index (κ3) is 4.46. The minimum absolute atomic E-state index is 0.573. The number of hydrogen-bond acceptors (Lipinski definition) is 3. The topological polar surface area (TPSA) is 67.1 Å². The van der Waals surface area contributed by atoms with Crippen molar-refractivity contribution in [1.29, 1.82) is 0 Å². The fraction of sp³-hybridized carbons (Fsp3) is 0.400. The largest absolute Gasteiger partial charge is 0.357 e. The molecule has 0 radical (unpaired) electrons. The van der Waals surface area contributed by atoms with Crippen molar-refractivity contribution >= 4 is 17.6 Å². The van der Waals surface area contributed by atoms with Gasteiger partial charge in [-0.25, -0.2) is 4.99 Å². The highest BCUT2D eigenvalue weighted by atomic mass is 35.5. The lowest BCUT2D eigenvalue weighted by Gasteiger charge is -2.11. The van der Waals surface area contributed by atoms with E-state index < -0.39 is 0 Å². The summed E-state index contributed by atoms with van der Waals surface area (Å²) in [6.07, 6.45) is 0. The molecule has 0 fully saturated rings. The van der Waals surface area contributed by atoms with Crippen LogP contribution in [0.25, 0.3) is 0 Å². The predicted octanol–water partition coefficient (Wildman–Crippen LogP) is 2.03. The van der Waals surface area contributed by atoms with Crippen LogP contribution in [0.3, 0.4) is 0 Å². The van der Waals surface area contributed by atoms with Crippen LogP contribution in [0, 0.1) is 6.92 Å². The average Bonchev–Trinajstić information content (AvgIpc) is 2.83. The van der Waals surface area contributed by atoms with Gasteiger partial charge in [0, 0.05) is 18.6 Å². The highest BCUT2D eigenvalue weighted by Gasteiger charge is 2.05. The highest BCUT2D eigenvalue weighted by Crippen LogP contribution is 2.10. The van der Waals surface area contributed by atoms with Crippen molar-refractivity contribution in [3.05, 3.63) is 46.5 Å². The van der Waals surface area contributed by atoms with E-state index in [0.717, 1.165) is 34.7 Å². The van der Waals surface area contributed by atoms with E-state index in [9.17, 15) is 0 Å². The van der Waals surface area contributed by atoms with Crippen molar-refractivity contribution < 1.29 is 0 Å². The van der Waals surface area contributed by atoms with Crippen LogP contribution in [-0.4, -0.2) is 27.3 Å². The second-order valence-electron chi connectivity index (χ2n) is 4.90. The van der Waals surface area contributed by atoms with Crippen LogP contribution in [0.4, 0.5) is 0 Å². The fourth-order valence-electron chi connectivity index (χ4n) is 1.87. The number of guanidine groups is 1. The summed E-state index contributed by atoms with van der Waals surface area (Å²) < 4.78 is 1.95. The molecule has 7 heteroatoms. The van der Waals surface area contributed by atoms with Crippen LogP contribution in [0.1, 0.15) is 24.1 Å². The molecule has 6 nitrogen and oxygen atoms in total. The molecule has 1 aromatic heterocycles. The molecule has 1 heterocycles. The molecule has 0 saturated heterocycles. The quantitative estimate of drug-likeness (QED) is 0.653. The van der Waals surface area contributed by atoms with Crippen LogP contribution >= 0.6 is 11.6 Å². The highest BCUT2D eigenvalue weighted by molar-refractivity contribution is 6.30. The normalized spacial score (nSPS) is 11.5. The van der Waals surface area contributed by atoms with Gasteiger partial charge < -0.3 is 15.2 Å². The number of nitrogens with one attached hydrogen (secondary N) is 2. The molecule has 0 saturated carbocycles. The zero-order valence-electron chi connectivity index (χ0n) is 13.1. The van der Waals surface area contributed by atoms with E-state index in [1.54, 1.807) is 0 Å². The average molecular weight is 321 g/mol. The second-order valence-corrected chi connectivity index (χ2v) is 5.33. The molecule has 22 heavy (non-hydrogen) atoms. The first-order chi connectivity index (χ1) is 10.6.